The number of rotatable bonds is 6. The molecule has 0 amide bonds. The van der Waals surface area contributed by atoms with Crippen LogP contribution in [0.4, 0.5) is 0 Å². The molecule has 0 aliphatic carbocycles. The van der Waals surface area contributed by atoms with Gasteiger partial charge in [-0.25, -0.2) is 0 Å². The Morgan fingerprint density at radius 3 is 1.11 bits per heavy atom. The predicted molar refractivity (Wildman–Crippen MR) is 71.9 cm³/mol. The van der Waals surface area contributed by atoms with E-state index in [9.17, 15) is 14.8 Å². The maximum atomic E-state index is 11.9. The SMILES string of the molecule is CC(C)(O)C(C)(C)O[PH](=O)OC(C)(C)C(C)(C)O. The zero-order valence-electron chi connectivity index (χ0n) is 12.6. The summed E-state index contributed by atoms with van der Waals surface area (Å²) in [7, 11) is -2.84. The summed E-state index contributed by atoms with van der Waals surface area (Å²) in [5.74, 6) is 0. The van der Waals surface area contributed by atoms with Gasteiger partial charge in [0.05, 0.1) is 11.2 Å². The van der Waals surface area contributed by atoms with Crippen LogP contribution in [-0.4, -0.2) is 32.6 Å². The first-order chi connectivity index (χ1) is 7.60. The Morgan fingerprint density at radius 1 is 0.722 bits per heavy atom. The molecule has 0 aliphatic heterocycles. The molecule has 0 atom stereocenters. The molecule has 110 valence electrons. The minimum Gasteiger partial charge on any atom is -0.387 e. The van der Waals surface area contributed by atoms with Crippen molar-refractivity contribution < 1.29 is 23.8 Å². The first kappa shape index (κ1) is 18.1. The van der Waals surface area contributed by atoms with Gasteiger partial charge in [0.2, 0.25) is 0 Å². The highest BCUT2D eigenvalue weighted by Gasteiger charge is 2.42. The van der Waals surface area contributed by atoms with Crippen LogP contribution in [0, 0.1) is 0 Å². The quantitative estimate of drug-likeness (QED) is 0.732. The Hall–Kier alpha value is 0.0700. The Kier molecular flexibility index (Phi) is 5.24. The van der Waals surface area contributed by atoms with Gasteiger partial charge in [0.25, 0.3) is 0 Å². The lowest BCUT2D eigenvalue weighted by molar-refractivity contribution is -0.119. The van der Waals surface area contributed by atoms with E-state index < -0.39 is 30.7 Å². The number of aliphatic hydroxyl groups is 2. The fourth-order valence-corrected chi connectivity index (χ4v) is 2.06. The molecule has 0 radical (unpaired) electrons. The minimum atomic E-state index is -2.84. The van der Waals surface area contributed by atoms with E-state index in [-0.39, 0.29) is 0 Å². The highest BCUT2D eigenvalue weighted by Crippen LogP contribution is 2.42. The third-order valence-electron chi connectivity index (χ3n) is 3.62. The Labute approximate surface area is 110 Å². The average molecular weight is 282 g/mol. The predicted octanol–water partition coefficient (Wildman–Crippen LogP) is 2.51. The molecule has 0 spiro atoms. The van der Waals surface area contributed by atoms with Gasteiger partial charge in [0, 0.05) is 0 Å². The van der Waals surface area contributed by atoms with Crippen molar-refractivity contribution in [1.29, 1.82) is 0 Å². The minimum absolute atomic E-state index is 1.02. The smallest absolute Gasteiger partial charge is 0.320 e. The van der Waals surface area contributed by atoms with Crippen LogP contribution in [0.25, 0.3) is 0 Å². The van der Waals surface area contributed by atoms with Gasteiger partial charge in [-0.2, -0.15) is 0 Å². The van der Waals surface area contributed by atoms with E-state index in [1.54, 1.807) is 55.4 Å². The van der Waals surface area contributed by atoms with Crippen LogP contribution >= 0.6 is 8.25 Å². The summed E-state index contributed by atoms with van der Waals surface area (Å²) in [4.78, 5) is 0. The highest BCUT2D eigenvalue weighted by molar-refractivity contribution is 7.33. The number of hydrogen-bond acceptors (Lipinski definition) is 5. The summed E-state index contributed by atoms with van der Waals surface area (Å²) >= 11 is 0. The van der Waals surface area contributed by atoms with Crippen molar-refractivity contribution in [1.82, 2.24) is 0 Å². The van der Waals surface area contributed by atoms with Crippen LogP contribution in [0.3, 0.4) is 0 Å². The van der Waals surface area contributed by atoms with Gasteiger partial charge < -0.3 is 19.3 Å². The molecule has 0 bridgehead atoms. The molecule has 0 aromatic rings. The van der Waals surface area contributed by atoms with E-state index in [1.165, 1.54) is 0 Å². The fourth-order valence-electron chi connectivity index (χ4n) is 0.687. The van der Waals surface area contributed by atoms with Gasteiger partial charge in [0.15, 0.2) is 0 Å². The Bertz CT molecular complexity index is 279. The molecule has 0 unspecified atom stereocenters. The lowest BCUT2D eigenvalue weighted by Crippen LogP contribution is -2.48. The van der Waals surface area contributed by atoms with E-state index in [1.807, 2.05) is 0 Å². The molecule has 0 aromatic carbocycles. The summed E-state index contributed by atoms with van der Waals surface area (Å²) in [5.41, 5.74) is -4.34. The highest BCUT2D eigenvalue weighted by atomic mass is 31.1. The van der Waals surface area contributed by atoms with E-state index >= 15 is 0 Å². The maximum absolute atomic E-state index is 11.9. The van der Waals surface area contributed by atoms with Gasteiger partial charge in [-0.15, -0.1) is 0 Å². The van der Waals surface area contributed by atoms with Crippen molar-refractivity contribution in [3.63, 3.8) is 0 Å². The summed E-state index contributed by atoms with van der Waals surface area (Å²) in [6.07, 6.45) is 0. The Balaban J connectivity index is 4.75. The van der Waals surface area contributed by atoms with Gasteiger partial charge in [0.1, 0.15) is 11.2 Å². The summed E-state index contributed by atoms with van der Waals surface area (Å²) in [6.45, 7) is 12.8. The van der Waals surface area contributed by atoms with Crippen molar-refractivity contribution in [2.75, 3.05) is 0 Å². The van der Waals surface area contributed by atoms with E-state index in [4.69, 9.17) is 9.05 Å². The molecule has 0 aliphatic rings. The van der Waals surface area contributed by atoms with Crippen LogP contribution in [0.15, 0.2) is 0 Å². The zero-order chi connectivity index (χ0) is 15.0. The summed E-state index contributed by atoms with van der Waals surface area (Å²) in [5, 5.41) is 19.8. The van der Waals surface area contributed by atoms with Crippen molar-refractivity contribution in [3.05, 3.63) is 0 Å². The van der Waals surface area contributed by atoms with E-state index in [2.05, 4.69) is 0 Å². The van der Waals surface area contributed by atoms with Crippen LogP contribution in [0.5, 0.6) is 0 Å². The fraction of sp³-hybridized carbons (Fsp3) is 1.00. The molecule has 6 heteroatoms. The van der Waals surface area contributed by atoms with Crippen molar-refractivity contribution >= 4 is 8.25 Å². The first-order valence-electron chi connectivity index (χ1n) is 5.97. The second kappa shape index (κ2) is 5.22. The molecular formula is C12H27O5P. The summed E-state index contributed by atoms with van der Waals surface area (Å²) in [6, 6.07) is 0. The van der Waals surface area contributed by atoms with Crippen molar-refractivity contribution in [2.24, 2.45) is 0 Å². The molecule has 0 rings (SSSR count). The van der Waals surface area contributed by atoms with Gasteiger partial charge in [-0.05, 0) is 55.4 Å². The lowest BCUT2D eigenvalue weighted by atomic mass is 9.90. The molecule has 18 heavy (non-hydrogen) atoms. The van der Waals surface area contributed by atoms with Gasteiger partial charge in [-0.1, -0.05) is 0 Å². The van der Waals surface area contributed by atoms with Crippen LogP contribution in [0.2, 0.25) is 0 Å². The molecule has 0 fully saturated rings. The average Bonchev–Trinajstić information content (AvgIpc) is 1.95. The van der Waals surface area contributed by atoms with Crippen LogP contribution in [0.1, 0.15) is 55.4 Å². The standard InChI is InChI=1S/C12H27O5P/c1-9(2,13)11(5,6)16-18(15)17-12(7,8)10(3,4)14/h13-14,18H,1-8H3. The van der Waals surface area contributed by atoms with Crippen molar-refractivity contribution in [3.8, 4) is 0 Å². The van der Waals surface area contributed by atoms with Gasteiger partial charge in [-0.3, -0.25) is 4.57 Å². The maximum Gasteiger partial charge on any atom is 0.320 e. The van der Waals surface area contributed by atoms with Crippen molar-refractivity contribution in [2.45, 2.75) is 77.8 Å². The summed E-state index contributed by atoms with van der Waals surface area (Å²) < 4.78 is 22.5. The lowest BCUT2D eigenvalue weighted by Gasteiger charge is -2.40. The van der Waals surface area contributed by atoms with E-state index in [0.717, 1.165) is 0 Å². The third kappa shape index (κ3) is 4.63. The first-order valence-corrected chi connectivity index (χ1v) is 7.19. The second-order valence-corrected chi connectivity index (χ2v) is 7.50. The topological polar surface area (TPSA) is 76.0 Å². The molecule has 5 nitrogen and oxygen atoms in total. The third-order valence-corrected chi connectivity index (χ3v) is 4.98. The molecule has 0 aromatic heterocycles. The second-order valence-electron chi connectivity index (χ2n) is 6.59. The zero-order valence-corrected chi connectivity index (χ0v) is 13.6. The van der Waals surface area contributed by atoms with Crippen LogP contribution in [-0.2, 0) is 13.6 Å². The molecule has 0 saturated heterocycles. The molecule has 0 saturated carbocycles. The Morgan fingerprint density at radius 2 is 0.944 bits per heavy atom. The monoisotopic (exact) mass is 282 g/mol. The van der Waals surface area contributed by atoms with E-state index in [0.29, 0.717) is 0 Å². The molecule has 0 heterocycles. The normalized spacial score (nSPS) is 15.3. The largest absolute Gasteiger partial charge is 0.387 e. The molecule has 2 N–H and O–H groups in total. The van der Waals surface area contributed by atoms with Crippen LogP contribution < -0.4 is 0 Å². The molecular weight excluding hydrogens is 255 g/mol. The number of hydrogen-bond donors (Lipinski definition) is 2. The van der Waals surface area contributed by atoms with Gasteiger partial charge >= 0.3 is 8.25 Å².